The molecule has 0 aromatic heterocycles. The van der Waals surface area contributed by atoms with Gasteiger partial charge in [-0.15, -0.1) is 0 Å². The van der Waals surface area contributed by atoms with Crippen LogP contribution in [0.25, 0.3) is 0 Å². The molecule has 0 saturated carbocycles. The van der Waals surface area contributed by atoms with Crippen LogP contribution in [0.15, 0.2) is 53.0 Å². The summed E-state index contributed by atoms with van der Waals surface area (Å²) in [7, 11) is 0. The van der Waals surface area contributed by atoms with E-state index in [0.29, 0.717) is 17.2 Å². The maximum Gasteiger partial charge on any atom is 0.133 e. The average Bonchev–Trinajstić information content (AvgIpc) is 2.46. The van der Waals surface area contributed by atoms with E-state index < -0.39 is 6.10 Å². The number of benzene rings is 2. The van der Waals surface area contributed by atoms with Gasteiger partial charge in [-0.1, -0.05) is 12.1 Å². The van der Waals surface area contributed by atoms with E-state index in [0.717, 1.165) is 4.47 Å². The summed E-state index contributed by atoms with van der Waals surface area (Å²) in [6.07, 6.45) is -0.709. The highest BCUT2D eigenvalue weighted by atomic mass is 79.9. The quantitative estimate of drug-likeness (QED) is 0.795. The molecule has 1 atom stereocenters. The number of halogens is 1. The Balaban J connectivity index is 1.77. The SMILES string of the molecule is Nc1ccc(OCC(O)COc2ccccc2Br)cc1. The Morgan fingerprint density at radius 2 is 1.65 bits per heavy atom. The first kappa shape index (κ1) is 14.7. The zero-order chi connectivity index (χ0) is 14.4. The molecule has 0 aliphatic carbocycles. The van der Waals surface area contributed by atoms with Crippen LogP contribution in [0.5, 0.6) is 11.5 Å². The van der Waals surface area contributed by atoms with Crippen molar-refractivity contribution < 1.29 is 14.6 Å². The molecule has 4 nitrogen and oxygen atoms in total. The van der Waals surface area contributed by atoms with Gasteiger partial charge in [0.1, 0.15) is 30.8 Å². The van der Waals surface area contributed by atoms with E-state index in [9.17, 15) is 5.11 Å². The average molecular weight is 338 g/mol. The summed E-state index contributed by atoms with van der Waals surface area (Å²) in [4.78, 5) is 0. The number of hydrogen-bond donors (Lipinski definition) is 2. The standard InChI is InChI=1S/C15H16BrNO3/c16-14-3-1-2-4-15(14)20-10-12(18)9-19-13-7-5-11(17)6-8-13/h1-8,12,18H,9-10,17H2. The Bertz CT molecular complexity index is 545. The molecular formula is C15H16BrNO3. The molecule has 0 radical (unpaired) electrons. The van der Waals surface area contributed by atoms with Crippen LogP contribution in [-0.4, -0.2) is 24.4 Å². The van der Waals surface area contributed by atoms with Gasteiger partial charge in [-0.05, 0) is 52.3 Å². The lowest BCUT2D eigenvalue weighted by atomic mass is 10.3. The summed E-state index contributed by atoms with van der Waals surface area (Å²) in [5.41, 5.74) is 6.26. The van der Waals surface area contributed by atoms with Crippen molar-refractivity contribution in [1.82, 2.24) is 0 Å². The molecule has 5 heteroatoms. The molecule has 1 unspecified atom stereocenters. The third-order valence-electron chi connectivity index (χ3n) is 2.59. The monoisotopic (exact) mass is 337 g/mol. The van der Waals surface area contributed by atoms with Crippen LogP contribution >= 0.6 is 15.9 Å². The smallest absolute Gasteiger partial charge is 0.133 e. The van der Waals surface area contributed by atoms with Gasteiger partial charge in [0, 0.05) is 5.69 Å². The molecule has 0 heterocycles. The van der Waals surface area contributed by atoms with Crippen LogP contribution in [-0.2, 0) is 0 Å². The Morgan fingerprint density at radius 1 is 1.00 bits per heavy atom. The molecule has 0 saturated heterocycles. The minimum Gasteiger partial charge on any atom is -0.491 e. The summed E-state index contributed by atoms with van der Waals surface area (Å²) in [6.45, 7) is 0.325. The van der Waals surface area contributed by atoms with E-state index in [1.165, 1.54) is 0 Å². The Labute approximate surface area is 126 Å². The van der Waals surface area contributed by atoms with E-state index in [2.05, 4.69) is 15.9 Å². The zero-order valence-electron chi connectivity index (χ0n) is 10.8. The van der Waals surface area contributed by atoms with Crippen LogP contribution in [0, 0.1) is 0 Å². The van der Waals surface area contributed by atoms with Crippen molar-refractivity contribution in [1.29, 1.82) is 0 Å². The highest BCUT2D eigenvalue weighted by Gasteiger charge is 2.08. The van der Waals surface area contributed by atoms with Gasteiger partial charge in [-0.25, -0.2) is 0 Å². The van der Waals surface area contributed by atoms with Gasteiger partial charge >= 0.3 is 0 Å². The Morgan fingerprint density at radius 3 is 2.35 bits per heavy atom. The van der Waals surface area contributed by atoms with Crippen LogP contribution in [0.1, 0.15) is 0 Å². The number of aliphatic hydroxyl groups excluding tert-OH is 1. The molecule has 0 fully saturated rings. The van der Waals surface area contributed by atoms with Crippen molar-refractivity contribution in [2.75, 3.05) is 18.9 Å². The molecule has 106 valence electrons. The maximum atomic E-state index is 9.83. The molecule has 20 heavy (non-hydrogen) atoms. The lowest BCUT2D eigenvalue weighted by Crippen LogP contribution is -2.25. The van der Waals surface area contributed by atoms with E-state index in [-0.39, 0.29) is 13.2 Å². The predicted molar refractivity (Wildman–Crippen MR) is 82.0 cm³/mol. The highest BCUT2D eigenvalue weighted by Crippen LogP contribution is 2.23. The minimum absolute atomic E-state index is 0.161. The number of hydrogen-bond acceptors (Lipinski definition) is 4. The Hall–Kier alpha value is -1.72. The van der Waals surface area contributed by atoms with E-state index in [1.54, 1.807) is 24.3 Å². The second-order valence-electron chi connectivity index (χ2n) is 4.28. The van der Waals surface area contributed by atoms with Gasteiger partial charge in [0.05, 0.1) is 4.47 Å². The maximum absolute atomic E-state index is 9.83. The van der Waals surface area contributed by atoms with Gasteiger partial charge < -0.3 is 20.3 Å². The molecule has 0 aliphatic rings. The van der Waals surface area contributed by atoms with Crippen LogP contribution < -0.4 is 15.2 Å². The molecule has 0 aliphatic heterocycles. The van der Waals surface area contributed by atoms with Gasteiger partial charge in [-0.2, -0.15) is 0 Å². The van der Waals surface area contributed by atoms with Crippen molar-refractivity contribution in [3.63, 3.8) is 0 Å². The molecule has 0 spiro atoms. The van der Waals surface area contributed by atoms with Crippen LogP contribution in [0.3, 0.4) is 0 Å². The molecular weight excluding hydrogens is 322 g/mol. The zero-order valence-corrected chi connectivity index (χ0v) is 12.4. The van der Waals surface area contributed by atoms with E-state index in [4.69, 9.17) is 15.2 Å². The van der Waals surface area contributed by atoms with Gasteiger partial charge in [0.2, 0.25) is 0 Å². The lowest BCUT2D eigenvalue weighted by Gasteiger charge is -2.14. The summed E-state index contributed by atoms with van der Waals surface area (Å²) < 4.78 is 11.8. The first-order valence-corrected chi connectivity index (χ1v) is 6.98. The summed E-state index contributed by atoms with van der Waals surface area (Å²) in [6, 6.07) is 14.5. The van der Waals surface area contributed by atoms with Crippen molar-refractivity contribution >= 4 is 21.6 Å². The van der Waals surface area contributed by atoms with Crippen molar-refractivity contribution in [3.05, 3.63) is 53.0 Å². The Kier molecular flexibility index (Phi) is 5.26. The second-order valence-corrected chi connectivity index (χ2v) is 5.13. The van der Waals surface area contributed by atoms with Gasteiger partial charge in [0.15, 0.2) is 0 Å². The molecule has 3 N–H and O–H groups in total. The number of para-hydroxylation sites is 1. The molecule has 2 rings (SSSR count). The summed E-state index contributed by atoms with van der Waals surface area (Å²) in [5, 5.41) is 9.83. The minimum atomic E-state index is -0.709. The van der Waals surface area contributed by atoms with Crippen molar-refractivity contribution in [2.45, 2.75) is 6.10 Å². The van der Waals surface area contributed by atoms with Crippen LogP contribution in [0.2, 0.25) is 0 Å². The molecule has 2 aromatic rings. The topological polar surface area (TPSA) is 64.7 Å². The number of nitrogens with two attached hydrogens (primary N) is 1. The number of nitrogen functional groups attached to an aromatic ring is 1. The normalized spacial score (nSPS) is 11.9. The van der Waals surface area contributed by atoms with E-state index >= 15 is 0 Å². The van der Waals surface area contributed by atoms with Crippen LogP contribution in [0.4, 0.5) is 5.69 Å². The number of anilines is 1. The fourth-order valence-electron chi connectivity index (χ4n) is 1.55. The van der Waals surface area contributed by atoms with Gasteiger partial charge in [0.25, 0.3) is 0 Å². The third-order valence-corrected chi connectivity index (χ3v) is 3.25. The first-order valence-electron chi connectivity index (χ1n) is 6.19. The fourth-order valence-corrected chi connectivity index (χ4v) is 1.95. The summed E-state index contributed by atoms with van der Waals surface area (Å²) in [5.74, 6) is 1.36. The summed E-state index contributed by atoms with van der Waals surface area (Å²) >= 11 is 3.38. The predicted octanol–water partition coefficient (Wildman–Crippen LogP) is 2.85. The lowest BCUT2D eigenvalue weighted by molar-refractivity contribution is 0.0624. The van der Waals surface area contributed by atoms with E-state index in [1.807, 2.05) is 24.3 Å². The van der Waals surface area contributed by atoms with Gasteiger partial charge in [-0.3, -0.25) is 0 Å². The van der Waals surface area contributed by atoms with Crippen molar-refractivity contribution in [2.24, 2.45) is 0 Å². The first-order chi connectivity index (χ1) is 9.65. The molecule has 2 aromatic carbocycles. The fraction of sp³-hybridized carbons (Fsp3) is 0.200. The number of aliphatic hydroxyl groups is 1. The van der Waals surface area contributed by atoms with Crippen molar-refractivity contribution in [3.8, 4) is 11.5 Å². The largest absolute Gasteiger partial charge is 0.491 e. The molecule has 0 bridgehead atoms. The highest BCUT2D eigenvalue weighted by molar-refractivity contribution is 9.10. The second kappa shape index (κ2) is 7.17. The third kappa shape index (κ3) is 4.43. The number of rotatable bonds is 6. The number of ether oxygens (including phenoxy) is 2. The molecule has 0 amide bonds.